The van der Waals surface area contributed by atoms with E-state index in [0.29, 0.717) is 29.3 Å². The maximum absolute atomic E-state index is 12.6. The number of imidazole rings is 1. The third-order valence-corrected chi connectivity index (χ3v) is 3.55. The van der Waals surface area contributed by atoms with Gasteiger partial charge in [-0.3, -0.25) is 4.79 Å². The number of benzene rings is 1. The summed E-state index contributed by atoms with van der Waals surface area (Å²) in [5, 5.41) is 4.24. The van der Waals surface area contributed by atoms with E-state index < -0.39 is 0 Å². The van der Waals surface area contributed by atoms with Crippen LogP contribution >= 0.6 is 0 Å². The number of aryl methyl sites for hydroxylation is 1. The second kappa shape index (κ2) is 5.52. The van der Waals surface area contributed by atoms with Crippen LogP contribution in [0.1, 0.15) is 47.1 Å². The molecule has 0 spiro atoms. The van der Waals surface area contributed by atoms with Crippen LogP contribution in [0.4, 0.5) is 0 Å². The van der Waals surface area contributed by atoms with Gasteiger partial charge in [0, 0.05) is 18.2 Å². The molecule has 0 aliphatic heterocycles. The van der Waals surface area contributed by atoms with Crippen molar-refractivity contribution in [2.45, 2.75) is 19.8 Å². The minimum Gasteiger partial charge on any atom is -0.395 e. The van der Waals surface area contributed by atoms with E-state index in [4.69, 9.17) is 4.84 Å². The Hall–Kier alpha value is -2.43. The molecule has 0 bridgehead atoms. The zero-order valence-corrected chi connectivity index (χ0v) is 12.2. The van der Waals surface area contributed by atoms with Crippen LogP contribution in [0.25, 0.3) is 0 Å². The molecular formula is C16H17N3O2. The molecule has 0 atom stereocenters. The number of ketones is 1. The number of carbonyl (C=O) groups excluding carboxylic acids is 1. The normalized spacial score (nSPS) is 15.0. The number of carbonyl (C=O) groups is 1. The maximum Gasteiger partial charge on any atom is 0.212 e. The summed E-state index contributed by atoms with van der Waals surface area (Å²) in [5.41, 5.74) is 3.22. The first-order valence-electron chi connectivity index (χ1n) is 7.09. The Kier molecular flexibility index (Phi) is 3.56. The Bertz CT molecular complexity index is 716. The molecular weight excluding hydrogens is 266 g/mol. The highest BCUT2D eigenvalue weighted by molar-refractivity contribution is 6.28. The lowest BCUT2D eigenvalue weighted by Gasteiger charge is -2.17. The van der Waals surface area contributed by atoms with Crippen LogP contribution in [-0.4, -0.2) is 27.7 Å². The van der Waals surface area contributed by atoms with Crippen LogP contribution in [0.5, 0.6) is 0 Å². The first kappa shape index (κ1) is 13.5. The topological polar surface area (TPSA) is 56.5 Å². The third kappa shape index (κ3) is 2.24. The van der Waals surface area contributed by atoms with Crippen LogP contribution in [-0.2, 0) is 11.9 Å². The highest BCUT2D eigenvalue weighted by Gasteiger charge is 2.32. The van der Waals surface area contributed by atoms with Crippen molar-refractivity contribution in [1.82, 2.24) is 9.55 Å². The molecule has 1 heterocycles. The number of unbranched alkanes of at least 4 members (excludes halogenated alkanes) is 1. The lowest BCUT2D eigenvalue weighted by atomic mass is 9.89. The summed E-state index contributed by atoms with van der Waals surface area (Å²) >= 11 is 0. The van der Waals surface area contributed by atoms with Crippen molar-refractivity contribution in [1.29, 1.82) is 0 Å². The molecule has 0 N–H and O–H groups in total. The molecule has 0 radical (unpaired) electrons. The summed E-state index contributed by atoms with van der Waals surface area (Å²) in [7, 11) is 1.81. The smallest absolute Gasteiger partial charge is 0.212 e. The first-order chi connectivity index (χ1) is 10.2. The predicted molar refractivity (Wildman–Crippen MR) is 79.6 cm³/mol. The van der Waals surface area contributed by atoms with Gasteiger partial charge in [0.2, 0.25) is 5.78 Å². The molecule has 5 heteroatoms. The average Bonchev–Trinajstić information content (AvgIpc) is 2.89. The number of nitrogens with zero attached hydrogens (tertiary/aromatic N) is 3. The Balaban J connectivity index is 2.08. The maximum atomic E-state index is 12.6. The lowest BCUT2D eigenvalue weighted by Crippen LogP contribution is -2.23. The number of oxime groups is 1. The number of hydrogen-bond acceptors (Lipinski definition) is 4. The summed E-state index contributed by atoms with van der Waals surface area (Å²) in [6, 6.07) is 7.44. The van der Waals surface area contributed by atoms with Gasteiger partial charge >= 0.3 is 0 Å². The molecule has 2 aromatic rings. The van der Waals surface area contributed by atoms with Crippen molar-refractivity contribution in [2.24, 2.45) is 12.2 Å². The lowest BCUT2D eigenvalue weighted by molar-refractivity contribution is 0.102. The molecule has 21 heavy (non-hydrogen) atoms. The predicted octanol–water partition coefficient (Wildman–Crippen LogP) is 2.53. The van der Waals surface area contributed by atoms with E-state index in [0.717, 1.165) is 18.4 Å². The monoisotopic (exact) mass is 283 g/mol. The van der Waals surface area contributed by atoms with Gasteiger partial charge in [-0.1, -0.05) is 42.8 Å². The van der Waals surface area contributed by atoms with Crippen LogP contribution < -0.4 is 0 Å². The zero-order valence-electron chi connectivity index (χ0n) is 12.2. The molecule has 1 aromatic heterocycles. The quantitative estimate of drug-likeness (QED) is 0.546. The largest absolute Gasteiger partial charge is 0.395 e. The molecule has 0 amide bonds. The number of fused-ring (bicyclic) bond motifs is 2. The number of aromatic nitrogens is 2. The van der Waals surface area contributed by atoms with Gasteiger partial charge in [-0.25, -0.2) is 4.98 Å². The van der Waals surface area contributed by atoms with Crippen molar-refractivity contribution < 1.29 is 9.63 Å². The van der Waals surface area contributed by atoms with Crippen LogP contribution in [0.2, 0.25) is 0 Å². The molecule has 0 fully saturated rings. The van der Waals surface area contributed by atoms with Crippen molar-refractivity contribution in [3.63, 3.8) is 0 Å². The van der Waals surface area contributed by atoms with E-state index in [9.17, 15) is 4.79 Å². The average molecular weight is 283 g/mol. The second-order valence-corrected chi connectivity index (χ2v) is 5.05. The Labute approximate surface area is 123 Å². The van der Waals surface area contributed by atoms with Crippen molar-refractivity contribution >= 4 is 11.5 Å². The van der Waals surface area contributed by atoms with Gasteiger partial charge < -0.3 is 9.40 Å². The van der Waals surface area contributed by atoms with Crippen LogP contribution in [0.15, 0.2) is 35.7 Å². The van der Waals surface area contributed by atoms with E-state index in [-0.39, 0.29) is 5.78 Å². The number of hydrogen-bond donors (Lipinski definition) is 0. The van der Waals surface area contributed by atoms with Gasteiger partial charge in [-0.2, -0.15) is 0 Å². The Morgan fingerprint density at radius 2 is 2.05 bits per heavy atom. The van der Waals surface area contributed by atoms with E-state index in [1.54, 1.807) is 10.9 Å². The minimum atomic E-state index is -0.0203. The number of rotatable bonds is 4. The summed E-state index contributed by atoms with van der Waals surface area (Å²) in [6.45, 7) is 2.67. The highest BCUT2D eigenvalue weighted by atomic mass is 16.6. The molecule has 0 saturated carbocycles. The first-order valence-corrected chi connectivity index (χ1v) is 7.09. The van der Waals surface area contributed by atoms with E-state index >= 15 is 0 Å². The fourth-order valence-electron chi connectivity index (χ4n) is 2.43. The van der Waals surface area contributed by atoms with Crippen molar-refractivity contribution in [2.75, 3.05) is 6.61 Å². The SMILES string of the molecule is CCCCO/N=C1/c2ccccc2C(=O)c2c1ncn2C. The summed E-state index contributed by atoms with van der Waals surface area (Å²) in [4.78, 5) is 22.3. The second-order valence-electron chi connectivity index (χ2n) is 5.05. The fourth-order valence-corrected chi connectivity index (χ4v) is 2.43. The Morgan fingerprint density at radius 3 is 2.81 bits per heavy atom. The van der Waals surface area contributed by atoms with Gasteiger partial charge in [0.1, 0.15) is 23.7 Å². The third-order valence-electron chi connectivity index (χ3n) is 3.55. The van der Waals surface area contributed by atoms with Gasteiger partial charge in [0.25, 0.3) is 0 Å². The summed E-state index contributed by atoms with van der Waals surface area (Å²) < 4.78 is 1.73. The fraction of sp³-hybridized carbons (Fsp3) is 0.312. The van der Waals surface area contributed by atoms with E-state index in [1.165, 1.54) is 0 Å². The van der Waals surface area contributed by atoms with Gasteiger partial charge in [-0.05, 0) is 6.42 Å². The molecule has 0 unspecified atom stereocenters. The molecule has 1 aromatic carbocycles. The van der Waals surface area contributed by atoms with Gasteiger partial charge in [0.05, 0.1) is 6.33 Å². The van der Waals surface area contributed by atoms with E-state index in [1.807, 2.05) is 31.3 Å². The van der Waals surface area contributed by atoms with Crippen molar-refractivity contribution in [3.8, 4) is 0 Å². The van der Waals surface area contributed by atoms with Crippen LogP contribution in [0, 0.1) is 0 Å². The summed E-state index contributed by atoms with van der Waals surface area (Å²) in [5.74, 6) is -0.0203. The molecule has 1 aliphatic carbocycles. The minimum absolute atomic E-state index is 0.0203. The standard InChI is InChI=1S/C16H17N3O2/c1-3-4-9-21-18-13-11-7-5-6-8-12(11)16(20)15-14(13)17-10-19(15)2/h5-8,10H,3-4,9H2,1-2H3/b18-13-. The Morgan fingerprint density at radius 1 is 1.29 bits per heavy atom. The van der Waals surface area contributed by atoms with E-state index in [2.05, 4.69) is 17.1 Å². The highest BCUT2D eigenvalue weighted by Crippen LogP contribution is 2.26. The molecule has 3 rings (SSSR count). The van der Waals surface area contributed by atoms with Crippen LogP contribution in [0.3, 0.4) is 0 Å². The summed E-state index contributed by atoms with van der Waals surface area (Å²) in [6.07, 6.45) is 3.64. The molecule has 1 aliphatic rings. The van der Waals surface area contributed by atoms with Crippen molar-refractivity contribution in [3.05, 3.63) is 53.1 Å². The zero-order chi connectivity index (χ0) is 14.8. The van der Waals surface area contributed by atoms with Gasteiger partial charge in [-0.15, -0.1) is 0 Å². The van der Waals surface area contributed by atoms with Gasteiger partial charge in [0.15, 0.2) is 0 Å². The molecule has 0 saturated heterocycles. The molecule has 5 nitrogen and oxygen atoms in total. The molecule has 108 valence electrons.